The second kappa shape index (κ2) is 3.91. The molecule has 0 bridgehead atoms. The van der Waals surface area contributed by atoms with Gasteiger partial charge in [-0.05, 0) is 12.3 Å². The third-order valence-corrected chi connectivity index (χ3v) is 2.10. The number of rotatable bonds is 3. The Labute approximate surface area is 60.6 Å². The van der Waals surface area contributed by atoms with E-state index < -0.39 is 0 Å². The quantitative estimate of drug-likeness (QED) is 0.571. The maximum absolute atomic E-state index is 8.77. The largest absolute Gasteiger partial charge is 0.396 e. The number of ether oxygens (including phenoxy) is 1. The van der Waals surface area contributed by atoms with Gasteiger partial charge in [0.1, 0.15) is 0 Å². The Morgan fingerprint density at radius 3 is 2.50 bits per heavy atom. The van der Waals surface area contributed by atoms with Crippen LogP contribution in [0.4, 0.5) is 0 Å². The first kappa shape index (κ1) is 7.98. The third-order valence-electron chi connectivity index (χ3n) is 2.10. The molecule has 2 N–H and O–H groups in total. The Morgan fingerprint density at radius 1 is 1.40 bits per heavy atom. The highest BCUT2D eigenvalue weighted by molar-refractivity contribution is 4.72. The van der Waals surface area contributed by atoms with Crippen LogP contribution in [0.2, 0.25) is 0 Å². The summed E-state index contributed by atoms with van der Waals surface area (Å²) in [6.07, 6.45) is 0.978. The van der Waals surface area contributed by atoms with Crippen molar-refractivity contribution in [3.05, 3.63) is 0 Å². The Bertz CT molecular complexity index is 84.9. The van der Waals surface area contributed by atoms with Gasteiger partial charge in [-0.3, -0.25) is 0 Å². The van der Waals surface area contributed by atoms with E-state index >= 15 is 0 Å². The number of hydrogen-bond acceptors (Lipinski definition) is 3. The highest BCUT2D eigenvalue weighted by Crippen LogP contribution is 2.20. The number of aliphatic hydroxyl groups is 2. The van der Waals surface area contributed by atoms with Crippen LogP contribution >= 0.6 is 0 Å². The Kier molecular flexibility index (Phi) is 3.12. The molecule has 0 aromatic heterocycles. The summed E-state index contributed by atoms with van der Waals surface area (Å²) in [5.41, 5.74) is 0. The van der Waals surface area contributed by atoms with Gasteiger partial charge < -0.3 is 14.9 Å². The Hall–Kier alpha value is -0.120. The summed E-state index contributed by atoms with van der Waals surface area (Å²) in [7, 11) is 0. The molecule has 0 amide bonds. The van der Waals surface area contributed by atoms with E-state index in [-0.39, 0.29) is 19.1 Å². The fourth-order valence-electron chi connectivity index (χ4n) is 1.28. The van der Waals surface area contributed by atoms with E-state index in [9.17, 15) is 0 Å². The van der Waals surface area contributed by atoms with Crippen LogP contribution in [0.3, 0.4) is 0 Å². The fourth-order valence-corrected chi connectivity index (χ4v) is 1.28. The molecule has 0 aromatic rings. The van der Waals surface area contributed by atoms with Gasteiger partial charge in [0, 0.05) is 32.3 Å². The molecule has 1 aliphatic heterocycles. The highest BCUT2D eigenvalue weighted by Gasteiger charge is 2.24. The minimum Gasteiger partial charge on any atom is -0.396 e. The smallest absolute Gasteiger partial charge is 0.0499 e. The SMILES string of the molecule is OCC(CO)C1CCOC1. The van der Waals surface area contributed by atoms with Crippen molar-refractivity contribution in [3.63, 3.8) is 0 Å². The van der Waals surface area contributed by atoms with E-state index in [1.165, 1.54) is 0 Å². The summed E-state index contributed by atoms with van der Waals surface area (Å²) in [6, 6.07) is 0. The van der Waals surface area contributed by atoms with Crippen molar-refractivity contribution < 1.29 is 14.9 Å². The zero-order chi connectivity index (χ0) is 7.40. The van der Waals surface area contributed by atoms with Crippen LogP contribution in [0.25, 0.3) is 0 Å². The van der Waals surface area contributed by atoms with Gasteiger partial charge in [0.2, 0.25) is 0 Å². The highest BCUT2D eigenvalue weighted by atomic mass is 16.5. The van der Waals surface area contributed by atoms with E-state index in [1.807, 2.05) is 0 Å². The molecule has 0 spiro atoms. The summed E-state index contributed by atoms with van der Waals surface area (Å²) < 4.78 is 5.12. The lowest BCUT2D eigenvalue weighted by Crippen LogP contribution is -2.22. The van der Waals surface area contributed by atoms with Crippen molar-refractivity contribution in [2.75, 3.05) is 26.4 Å². The second-order valence-corrected chi connectivity index (χ2v) is 2.75. The van der Waals surface area contributed by atoms with Crippen molar-refractivity contribution in [2.45, 2.75) is 6.42 Å². The minimum atomic E-state index is 0.0301. The van der Waals surface area contributed by atoms with E-state index in [2.05, 4.69) is 0 Å². The normalized spacial score (nSPS) is 26.1. The monoisotopic (exact) mass is 146 g/mol. The lowest BCUT2D eigenvalue weighted by atomic mass is 9.93. The molecule has 60 valence electrons. The first-order valence-corrected chi connectivity index (χ1v) is 3.68. The van der Waals surface area contributed by atoms with E-state index in [0.29, 0.717) is 12.5 Å². The van der Waals surface area contributed by atoms with Gasteiger partial charge in [0.05, 0.1) is 0 Å². The van der Waals surface area contributed by atoms with Gasteiger partial charge in [-0.25, -0.2) is 0 Å². The van der Waals surface area contributed by atoms with Crippen LogP contribution in [-0.2, 0) is 4.74 Å². The first-order chi connectivity index (χ1) is 4.88. The lowest BCUT2D eigenvalue weighted by Gasteiger charge is -2.16. The van der Waals surface area contributed by atoms with Gasteiger partial charge in [0.25, 0.3) is 0 Å². The van der Waals surface area contributed by atoms with Crippen LogP contribution in [0, 0.1) is 11.8 Å². The number of aliphatic hydroxyl groups excluding tert-OH is 2. The predicted octanol–water partition coefficient (Wildman–Crippen LogP) is -0.376. The molecule has 1 atom stereocenters. The Balaban J connectivity index is 2.29. The molecule has 1 heterocycles. The third kappa shape index (κ3) is 1.68. The zero-order valence-electron chi connectivity index (χ0n) is 5.99. The lowest BCUT2D eigenvalue weighted by molar-refractivity contribution is 0.0934. The molecule has 3 heteroatoms. The van der Waals surface area contributed by atoms with Crippen molar-refractivity contribution in [2.24, 2.45) is 11.8 Å². The molecule has 1 saturated heterocycles. The molecule has 1 fully saturated rings. The van der Waals surface area contributed by atoms with Gasteiger partial charge in [0.15, 0.2) is 0 Å². The van der Waals surface area contributed by atoms with Crippen molar-refractivity contribution in [3.8, 4) is 0 Å². The summed E-state index contributed by atoms with van der Waals surface area (Å²) in [4.78, 5) is 0. The van der Waals surface area contributed by atoms with Gasteiger partial charge >= 0.3 is 0 Å². The van der Waals surface area contributed by atoms with Gasteiger partial charge in [-0.2, -0.15) is 0 Å². The summed E-state index contributed by atoms with van der Waals surface area (Å²) in [5, 5.41) is 17.5. The fraction of sp³-hybridized carbons (Fsp3) is 1.00. The van der Waals surface area contributed by atoms with Crippen LogP contribution in [0.1, 0.15) is 6.42 Å². The first-order valence-electron chi connectivity index (χ1n) is 3.68. The molecule has 1 unspecified atom stereocenters. The van der Waals surface area contributed by atoms with E-state index in [0.717, 1.165) is 13.0 Å². The molecule has 0 aromatic carbocycles. The van der Waals surface area contributed by atoms with Crippen LogP contribution in [0.5, 0.6) is 0 Å². The molecule has 0 saturated carbocycles. The summed E-state index contributed by atoms with van der Waals surface area (Å²) in [5.74, 6) is 0.400. The summed E-state index contributed by atoms with van der Waals surface area (Å²) >= 11 is 0. The topological polar surface area (TPSA) is 49.7 Å². The molecule has 1 aliphatic rings. The van der Waals surface area contributed by atoms with Crippen LogP contribution in [-0.4, -0.2) is 36.6 Å². The van der Waals surface area contributed by atoms with Crippen molar-refractivity contribution >= 4 is 0 Å². The Morgan fingerprint density at radius 2 is 2.10 bits per heavy atom. The maximum atomic E-state index is 8.77. The van der Waals surface area contributed by atoms with Crippen molar-refractivity contribution in [1.29, 1.82) is 0 Å². The van der Waals surface area contributed by atoms with Crippen molar-refractivity contribution in [1.82, 2.24) is 0 Å². The average Bonchev–Trinajstić information content (AvgIpc) is 2.43. The minimum absolute atomic E-state index is 0.0301. The van der Waals surface area contributed by atoms with Gasteiger partial charge in [-0.1, -0.05) is 0 Å². The molecule has 0 aliphatic carbocycles. The molecular weight excluding hydrogens is 132 g/mol. The van der Waals surface area contributed by atoms with Crippen LogP contribution in [0.15, 0.2) is 0 Å². The van der Waals surface area contributed by atoms with E-state index in [4.69, 9.17) is 14.9 Å². The summed E-state index contributed by atoms with van der Waals surface area (Å²) in [6.45, 7) is 1.63. The standard InChI is InChI=1S/C7H14O3/c8-3-7(4-9)6-1-2-10-5-6/h6-9H,1-5H2. The number of hydrogen-bond donors (Lipinski definition) is 2. The molecule has 3 nitrogen and oxygen atoms in total. The zero-order valence-corrected chi connectivity index (χ0v) is 5.99. The molecule has 10 heavy (non-hydrogen) atoms. The molecule has 1 rings (SSSR count). The second-order valence-electron chi connectivity index (χ2n) is 2.75. The maximum Gasteiger partial charge on any atom is 0.0499 e. The van der Waals surface area contributed by atoms with E-state index in [1.54, 1.807) is 0 Å². The predicted molar refractivity (Wildman–Crippen MR) is 36.6 cm³/mol. The van der Waals surface area contributed by atoms with Crippen LogP contribution < -0.4 is 0 Å². The van der Waals surface area contributed by atoms with Gasteiger partial charge in [-0.15, -0.1) is 0 Å². The average molecular weight is 146 g/mol. The molecule has 0 radical (unpaired) electrons. The molecular formula is C7H14O3.